The van der Waals surface area contributed by atoms with E-state index < -0.39 is 0 Å². The molecule has 1 saturated carbocycles. The molecule has 9 aromatic rings. The largest absolute Gasteiger partial charge is 0.494 e. The number of fused-ring (bicyclic) bond motifs is 8. The highest BCUT2D eigenvalue weighted by Crippen LogP contribution is 2.40. The van der Waals surface area contributed by atoms with E-state index in [9.17, 15) is 14.4 Å². The van der Waals surface area contributed by atoms with Gasteiger partial charge >= 0.3 is 5.97 Å². The number of unbranched alkanes of at least 4 members (excludes halogenated alkanes) is 6. The highest BCUT2D eigenvalue weighted by Gasteiger charge is 2.37. The average molecular weight is 1240 g/mol. The third-order valence-corrected chi connectivity index (χ3v) is 18.0. The summed E-state index contributed by atoms with van der Waals surface area (Å²) >= 11 is 0. The number of rotatable bonds is 33. The molecule has 478 valence electrons. The van der Waals surface area contributed by atoms with Crippen LogP contribution < -0.4 is 28.4 Å². The van der Waals surface area contributed by atoms with Gasteiger partial charge in [-0.25, -0.2) is 9.97 Å². The molecule has 1 aliphatic carbocycles. The van der Waals surface area contributed by atoms with E-state index in [2.05, 4.69) is 98.8 Å². The van der Waals surface area contributed by atoms with E-state index in [1.807, 2.05) is 42.5 Å². The number of carbonyl (C=O) groups is 3. The number of imide groups is 1. The molecule has 3 heterocycles. The van der Waals surface area contributed by atoms with Gasteiger partial charge in [-0.2, -0.15) is 0 Å². The van der Waals surface area contributed by atoms with Gasteiger partial charge in [0.05, 0.1) is 67.6 Å². The molecule has 1 aromatic heterocycles. The number of aromatic nitrogens is 2. The molecule has 2 amide bonds. The molecular formula is C77H83N3O12. The van der Waals surface area contributed by atoms with Crippen LogP contribution in [0.2, 0.25) is 0 Å². The summed E-state index contributed by atoms with van der Waals surface area (Å²) in [6, 6.07) is 46.8. The van der Waals surface area contributed by atoms with Gasteiger partial charge in [0.1, 0.15) is 53.3 Å². The summed E-state index contributed by atoms with van der Waals surface area (Å²) in [5.41, 5.74) is 6.12. The van der Waals surface area contributed by atoms with Crippen LogP contribution in [0.4, 0.5) is 0 Å². The fraction of sp³-hybridized carbons (Fsp3) is 0.390. The molecule has 0 radical (unpaired) electrons. The maximum atomic E-state index is 13.4. The van der Waals surface area contributed by atoms with Gasteiger partial charge in [-0.05, 0) is 218 Å². The standard InChI is InChI=1S/C77H83N3O12/c1-3-37-84-41-42-88-62-15-13-14-56(44-62)59-23-33-70-71(46-59)79-75-69-48-65(90-50-54-18-21-58-45-63(24-22-57(58)43-54)87-39-11-7-8-12-40-91-77(4-2)51-85-52-77)30-32-67(69)66-31-29-64(47-68(66)74(75)78-70)89-49-53-16-19-55(20-17-53)76(83)92-61-27-25-60(26-28-61)86-38-10-6-5-9-36-80-72(81)34-35-73(80)82/h13-15,18,21-35,43-48,53,55H,3-12,16-17,19-20,36-42,49-52H2,1-2H3. The highest BCUT2D eigenvalue weighted by molar-refractivity contribution is 6.24. The summed E-state index contributed by atoms with van der Waals surface area (Å²) in [4.78, 5) is 49.0. The molecule has 0 spiro atoms. The molecule has 0 N–H and O–H groups in total. The third kappa shape index (κ3) is 16.0. The van der Waals surface area contributed by atoms with Gasteiger partial charge < -0.3 is 42.6 Å². The first-order valence-electron chi connectivity index (χ1n) is 33.2. The Morgan fingerprint density at radius 2 is 1.13 bits per heavy atom. The molecule has 15 heteroatoms. The smallest absolute Gasteiger partial charge is 0.314 e. The van der Waals surface area contributed by atoms with Crippen molar-refractivity contribution in [3.05, 3.63) is 157 Å². The van der Waals surface area contributed by atoms with Gasteiger partial charge in [0.2, 0.25) is 0 Å². The first-order valence-corrected chi connectivity index (χ1v) is 33.2. The van der Waals surface area contributed by atoms with Crippen LogP contribution in [0.5, 0.6) is 34.5 Å². The number of benzene rings is 8. The van der Waals surface area contributed by atoms with Crippen LogP contribution in [0.1, 0.15) is 109 Å². The van der Waals surface area contributed by atoms with Crippen molar-refractivity contribution < 1.29 is 57.0 Å². The topological polar surface area (TPSA) is 163 Å². The van der Waals surface area contributed by atoms with E-state index in [0.717, 1.165) is 204 Å². The molecule has 2 fully saturated rings. The zero-order chi connectivity index (χ0) is 63.1. The second kappa shape index (κ2) is 30.7. The Hall–Kier alpha value is -8.63. The van der Waals surface area contributed by atoms with Gasteiger partial charge in [0, 0.05) is 42.7 Å². The van der Waals surface area contributed by atoms with Crippen molar-refractivity contribution in [2.75, 3.05) is 66.0 Å². The number of carbonyl (C=O) groups excluding carboxylic acids is 3. The lowest BCUT2D eigenvalue weighted by molar-refractivity contribution is -0.211. The molecule has 0 unspecified atom stereocenters. The molecule has 3 aliphatic rings. The lowest BCUT2D eigenvalue weighted by Crippen LogP contribution is -2.51. The Balaban J connectivity index is 0.684. The van der Waals surface area contributed by atoms with Crippen molar-refractivity contribution in [3.63, 3.8) is 0 Å². The number of esters is 1. The minimum Gasteiger partial charge on any atom is -0.494 e. The van der Waals surface area contributed by atoms with E-state index in [1.54, 1.807) is 12.1 Å². The van der Waals surface area contributed by atoms with Crippen LogP contribution in [0.15, 0.2) is 152 Å². The first kappa shape index (κ1) is 63.5. The minimum absolute atomic E-state index is 0.0469. The van der Waals surface area contributed by atoms with Crippen LogP contribution >= 0.6 is 0 Å². The second-order valence-corrected chi connectivity index (χ2v) is 24.6. The molecule has 2 aliphatic heterocycles. The molecule has 15 nitrogen and oxygen atoms in total. The van der Waals surface area contributed by atoms with Crippen molar-refractivity contribution in [1.29, 1.82) is 0 Å². The number of nitrogens with zero attached hydrogens (tertiary/aromatic N) is 3. The van der Waals surface area contributed by atoms with Crippen molar-refractivity contribution >= 4 is 72.2 Å². The molecular weight excluding hydrogens is 1160 g/mol. The molecule has 0 atom stereocenters. The Labute approximate surface area is 538 Å². The highest BCUT2D eigenvalue weighted by atomic mass is 16.6. The fourth-order valence-corrected chi connectivity index (χ4v) is 12.5. The van der Waals surface area contributed by atoms with Gasteiger partial charge in [0.15, 0.2) is 0 Å². The van der Waals surface area contributed by atoms with Crippen LogP contribution in [0.25, 0.3) is 65.5 Å². The molecule has 1 saturated heterocycles. The van der Waals surface area contributed by atoms with Crippen LogP contribution in [0.3, 0.4) is 0 Å². The van der Waals surface area contributed by atoms with Crippen LogP contribution in [-0.2, 0) is 35.2 Å². The fourth-order valence-electron chi connectivity index (χ4n) is 12.5. The van der Waals surface area contributed by atoms with Gasteiger partial charge in [-0.15, -0.1) is 0 Å². The maximum absolute atomic E-state index is 13.4. The van der Waals surface area contributed by atoms with E-state index in [1.165, 1.54) is 17.1 Å². The van der Waals surface area contributed by atoms with E-state index >= 15 is 0 Å². The monoisotopic (exact) mass is 1240 g/mol. The Morgan fingerprint density at radius 1 is 0.522 bits per heavy atom. The summed E-state index contributed by atoms with van der Waals surface area (Å²) in [5, 5.41) is 6.19. The predicted molar refractivity (Wildman–Crippen MR) is 359 cm³/mol. The van der Waals surface area contributed by atoms with E-state index in [0.29, 0.717) is 64.3 Å². The third-order valence-electron chi connectivity index (χ3n) is 18.0. The quantitative estimate of drug-likeness (QED) is 0.00953. The summed E-state index contributed by atoms with van der Waals surface area (Å²) in [6.07, 6.45) is 15.5. The second-order valence-electron chi connectivity index (χ2n) is 24.6. The maximum Gasteiger partial charge on any atom is 0.314 e. The number of hydrogen-bond donors (Lipinski definition) is 0. The van der Waals surface area contributed by atoms with Crippen molar-refractivity contribution in [2.24, 2.45) is 11.8 Å². The van der Waals surface area contributed by atoms with Crippen molar-refractivity contribution in [2.45, 2.75) is 116 Å². The summed E-state index contributed by atoms with van der Waals surface area (Å²) in [6.45, 7) is 10.8. The number of ether oxygens (including phenoxy) is 9. The molecule has 0 bridgehead atoms. The number of hydrogen-bond acceptors (Lipinski definition) is 14. The van der Waals surface area contributed by atoms with Crippen molar-refractivity contribution in [1.82, 2.24) is 14.9 Å². The van der Waals surface area contributed by atoms with Crippen LogP contribution in [-0.4, -0.2) is 104 Å². The molecule has 12 rings (SSSR count). The van der Waals surface area contributed by atoms with Gasteiger partial charge in [-0.1, -0.05) is 69.5 Å². The van der Waals surface area contributed by atoms with Gasteiger partial charge in [-0.3, -0.25) is 19.3 Å². The Kier molecular flexibility index (Phi) is 21.2. The summed E-state index contributed by atoms with van der Waals surface area (Å²) < 4.78 is 54.4. The van der Waals surface area contributed by atoms with Crippen molar-refractivity contribution in [3.8, 4) is 45.6 Å². The number of amides is 2. The molecule has 8 aromatic carbocycles. The Morgan fingerprint density at radius 3 is 1.85 bits per heavy atom. The van der Waals surface area contributed by atoms with Crippen LogP contribution in [0, 0.1) is 11.8 Å². The average Bonchev–Trinajstić information content (AvgIpc) is 0.794. The summed E-state index contributed by atoms with van der Waals surface area (Å²) in [5.74, 6) is 3.75. The first-order chi connectivity index (χ1) is 45.2. The normalized spacial score (nSPS) is 16.2. The van der Waals surface area contributed by atoms with E-state index in [-0.39, 0.29) is 35.2 Å². The van der Waals surface area contributed by atoms with E-state index in [4.69, 9.17) is 52.6 Å². The lowest BCUT2D eigenvalue weighted by Gasteiger charge is -2.40. The predicted octanol–water partition coefficient (Wildman–Crippen LogP) is 16.1. The summed E-state index contributed by atoms with van der Waals surface area (Å²) in [7, 11) is 0. The zero-order valence-corrected chi connectivity index (χ0v) is 53.0. The minimum atomic E-state index is -0.237. The lowest BCUT2D eigenvalue weighted by atomic mass is 9.82. The zero-order valence-electron chi connectivity index (χ0n) is 53.0. The Bertz CT molecular complexity index is 4040. The van der Waals surface area contributed by atoms with Gasteiger partial charge in [0.25, 0.3) is 11.8 Å². The SMILES string of the molecule is CCCOCCOc1cccc(-c2ccc3nc4c5cc(OCC6CCC(C(=O)Oc7ccc(OCCCCCCN8C(=O)C=CC8=O)cc7)CC6)ccc5c5ccc(OCc6ccc7cc(OCCCCCCOC8(CC)COC8)ccc7c6)cc5c4nc3c2)c1. The molecule has 92 heavy (non-hydrogen) atoms.